The van der Waals surface area contributed by atoms with Crippen LogP contribution in [-0.2, 0) is 19.7 Å². The number of aryl methyl sites for hydroxylation is 1. The second-order valence-electron chi connectivity index (χ2n) is 8.25. The summed E-state index contributed by atoms with van der Waals surface area (Å²) in [5.74, 6) is -1.17. The normalized spacial score (nSPS) is 34.6. The lowest BCUT2D eigenvalue weighted by Crippen LogP contribution is -2.59. The van der Waals surface area contributed by atoms with Crippen LogP contribution in [0.3, 0.4) is 0 Å². The molecule has 2 aliphatic heterocycles. The maximum atomic E-state index is 10.2. The lowest BCUT2D eigenvalue weighted by molar-refractivity contribution is -0.250. The van der Waals surface area contributed by atoms with Crippen molar-refractivity contribution in [3.8, 4) is 0 Å². The quantitative estimate of drug-likeness (QED) is 0.559. The van der Waals surface area contributed by atoms with Crippen LogP contribution < -0.4 is 0 Å². The third-order valence-corrected chi connectivity index (χ3v) is 5.41. The molecule has 2 fully saturated rings. The first-order valence-electron chi connectivity index (χ1n) is 8.90. The summed E-state index contributed by atoms with van der Waals surface area (Å²) in [6.45, 7) is 9.61. The van der Waals surface area contributed by atoms with Crippen molar-refractivity contribution in [1.29, 1.82) is 0 Å². The maximum absolute atomic E-state index is 10.2. The Labute approximate surface area is 152 Å². The van der Waals surface area contributed by atoms with E-state index in [0.29, 0.717) is 13.0 Å². The molecule has 2 saturated heterocycles. The summed E-state index contributed by atoms with van der Waals surface area (Å²) in [5, 5.41) is 37.7. The smallest absolute Gasteiger partial charge is 0.228 e. The third-order valence-electron chi connectivity index (χ3n) is 5.41. The summed E-state index contributed by atoms with van der Waals surface area (Å²) in [5.41, 5.74) is -0.304. The van der Waals surface area contributed by atoms with E-state index < -0.39 is 42.4 Å². The fourth-order valence-corrected chi connectivity index (χ4v) is 3.42. The highest BCUT2D eigenvalue weighted by Gasteiger charge is 2.75. The van der Waals surface area contributed by atoms with E-state index in [1.54, 1.807) is 0 Å². The van der Waals surface area contributed by atoms with Crippen LogP contribution in [0.4, 0.5) is 0 Å². The van der Waals surface area contributed by atoms with Crippen LogP contribution in [0.25, 0.3) is 0 Å². The second-order valence-corrected chi connectivity index (χ2v) is 8.25. The molecule has 0 bridgehead atoms. The molecule has 9 heteroatoms. The number of fused-ring (bicyclic) bond motifs is 1. The highest BCUT2D eigenvalue weighted by Crippen LogP contribution is 2.54. The van der Waals surface area contributed by atoms with Crippen molar-refractivity contribution >= 4 is 0 Å². The van der Waals surface area contributed by atoms with Crippen LogP contribution in [0.5, 0.6) is 0 Å². The van der Waals surface area contributed by atoms with Crippen LogP contribution in [0.2, 0.25) is 0 Å². The summed E-state index contributed by atoms with van der Waals surface area (Å²) < 4.78 is 19.3. The summed E-state index contributed by atoms with van der Waals surface area (Å²) in [6, 6.07) is 0. The van der Waals surface area contributed by atoms with Gasteiger partial charge in [0.15, 0.2) is 0 Å². The van der Waals surface area contributed by atoms with Gasteiger partial charge in [0.05, 0.1) is 17.8 Å². The number of aliphatic hydroxyl groups is 3. The molecule has 1 aromatic heterocycles. The van der Waals surface area contributed by atoms with Gasteiger partial charge < -0.3 is 29.5 Å². The number of hydrogen-bond acceptors (Lipinski definition) is 8. The molecule has 9 nitrogen and oxygen atoms in total. The van der Waals surface area contributed by atoms with Gasteiger partial charge in [0, 0.05) is 12.8 Å². The minimum absolute atomic E-state index is 0.282. The van der Waals surface area contributed by atoms with Gasteiger partial charge in [-0.1, -0.05) is 5.21 Å². The first-order chi connectivity index (χ1) is 12.0. The first kappa shape index (κ1) is 19.7. The molecule has 26 heavy (non-hydrogen) atoms. The van der Waals surface area contributed by atoms with Crippen molar-refractivity contribution in [3.63, 3.8) is 0 Å². The van der Waals surface area contributed by atoms with Crippen molar-refractivity contribution in [2.75, 3.05) is 13.2 Å². The van der Waals surface area contributed by atoms with Gasteiger partial charge in [0.25, 0.3) is 0 Å². The Morgan fingerprint density at radius 2 is 1.92 bits per heavy atom. The monoisotopic (exact) mass is 371 g/mol. The molecule has 3 rings (SSSR count). The Morgan fingerprint density at radius 3 is 2.50 bits per heavy atom. The highest BCUT2D eigenvalue weighted by atomic mass is 16.8. The molecule has 3 heterocycles. The van der Waals surface area contributed by atoms with Crippen LogP contribution >= 0.6 is 0 Å². The van der Waals surface area contributed by atoms with Gasteiger partial charge in [-0.25, -0.2) is 4.68 Å². The molecule has 5 atom stereocenters. The number of rotatable bonds is 7. The zero-order valence-corrected chi connectivity index (χ0v) is 15.9. The van der Waals surface area contributed by atoms with Crippen molar-refractivity contribution in [1.82, 2.24) is 15.0 Å². The molecule has 0 amide bonds. The average molecular weight is 371 g/mol. The largest absolute Gasteiger partial charge is 0.394 e. The van der Waals surface area contributed by atoms with Crippen LogP contribution in [0.1, 0.15) is 39.8 Å². The molecular formula is C17H29N3O6. The minimum atomic E-state index is -1.19. The Bertz CT molecular complexity index is 648. The zero-order chi connectivity index (χ0) is 19.3. The predicted molar refractivity (Wildman–Crippen MR) is 90.3 cm³/mol. The zero-order valence-electron chi connectivity index (χ0n) is 15.9. The standard InChI is InChI=1S/C17H29N3O6/c1-10-8-20(19-18-10)15(2,3)6-7-24-16(4,5)17-14(26-17)13(23)12(22)11(9-21)25-17/h8,11-14,21-23H,6-7,9H2,1-5H3. The first-order valence-corrected chi connectivity index (χ1v) is 8.90. The van der Waals surface area contributed by atoms with E-state index in [0.717, 1.165) is 5.69 Å². The summed E-state index contributed by atoms with van der Waals surface area (Å²) in [4.78, 5) is 0. The molecule has 1 aromatic rings. The van der Waals surface area contributed by atoms with Gasteiger partial charge in [0.1, 0.15) is 30.0 Å². The molecule has 0 aliphatic carbocycles. The van der Waals surface area contributed by atoms with E-state index in [-0.39, 0.29) is 5.54 Å². The van der Waals surface area contributed by atoms with Crippen LogP contribution in [0.15, 0.2) is 6.20 Å². The second kappa shape index (κ2) is 6.50. The fourth-order valence-electron chi connectivity index (χ4n) is 3.42. The third kappa shape index (κ3) is 3.17. The highest BCUT2D eigenvalue weighted by molar-refractivity contribution is 5.15. The maximum Gasteiger partial charge on any atom is 0.228 e. The van der Waals surface area contributed by atoms with E-state index in [1.807, 2.05) is 45.5 Å². The minimum Gasteiger partial charge on any atom is -0.394 e. The van der Waals surface area contributed by atoms with E-state index in [4.69, 9.17) is 14.2 Å². The SMILES string of the molecule is Cc1cn(C(C)(C)CCOC(C)(C)C23OC(CO)C(O)C(O)C2O3)nn1. The molecule has 0 radical (unpaired) electrons. The molecule has 3 N–H and O–H groups in total. The van der Waals surface area contributed by atoms with Gasteiger partial charge in [-0.05, 0) is 41.0 Å². The molecule has 148 valence electrons. The summed E-state index contributed by atoms with van der Waals surface area (Å²) >= 11 is 0. The Morgan fingerprint density at radius 1 is 1.23 bits per heavy atom. The van der Waals surface area contributed by atoms with Gasteiger partial charge in [-0.15, -0.1) is 5.10 Å². The Kier molecular flexibility index (Phi) is 4.92. The van der Waals surface area contributed by atoms with Crippen molar-refractivity contribution in [3.05, 3.63) is 11.9 Å². The summed E-state index contributed by atoms with van der Waals surface area (Å²) in [6.07, 6.45) is -1.35. The summed E-state index contributed by atoms with van der Waals surface area (Å²) in [7, 11) is 0. The number of aromatic nitrogens is 3. The Hall–Kier alpha value is -1.10. The molecule has 2 aliphatic rings. The molecule has 0 aromatic carbocycles. The number of nitrogens with zero attached hydrogens (tertiary/aromatic N) is 3. The van der Waals surface area contributed by atoms with Crippen molar-refractivity contribution < 1.29 is 29.5 Å². The Balaban J connectivity index is 1.63. The number of epoxide rings is 1. The van der Waals surface area contributed by atoms with E-state index >= 15 is 0 Å². The van der Waals surface area contributed by atoms with Gasteiger partial charge in [-0.2, -0.15) is 0 Å². The lowest BCUT2D eigenvalue weighted by Gasteiger charge is -2.40. The van der Waals surface area contributed by atoms with Gasteiger partial charge in [-0.3, -0.25) is 0 Å². The van der Waals surface area contributed by atoms with Gasteiger partial charge >= 0.3 is 0 Å². The van der Waals surface area contributed by atoms with Crippen LogP contribution in [-0.4, -0.2) is 79.3 Å². The van der Waals surface area contributed by atoms with E-state index in [2.05, 4.69) is 10.3 Å². The average Bonchev–Trinajstić information content (AvgIpc) is 3.16. The number of ether oxygens (including phenoxy) is 3. The van der Waals surface area contributed by atoms with Crippen LogP contribution in [0, 0.1) is 6.92 Å². The van der Waals surface area contributed by atoms with Gasteiger partial charge in [0.2, 0.25) is 5.79 Å². The van der Waals surface area contributed by atoms with E-state index in [1.165, 1.54) is 0 Å². The molecule has 5 unspecified atom stereocenters. The molecular weight excluding hydrogens is 342 g/mol. The lowest BCUT2D eigenvalue weighted by atomic mass is 9.89. The van der Waals surface area contributed by atoms with E-state index in [9.17, 15) is 15.3 Å². The molecule has 0 saturated carbocycles. The molecule has 0 spiro atoms. The topological polar surface area (TPSA) is 122 Å². The number of hydrogen-bond donors (Lipinski definition) is 3. The number of aliphatic hydroxyl groups excluding tert-OH is 3. The fraction of sp³-hybridized carbons (Fsp3) is 0.882. The van der Waals surface area contributed by atoms with Crippen molar-refractivity contribution in [2.45, 2.75) is 82.4 Å². The van der Waals surface area contributed by atoms with Crippen molar-refractivity contribution in [2.24, 2.45) is 0 Å². The predicted octanol–water partition coefficient (Wildman–Crippen LogP) is -0.285.